The van der Waals surface area contributed by atoms with Gasteiger partial charge >= 0.3 is 0 Å². The van der Waals surface area contributed by atoms with Gasteiger partial charge in [0.05, 0.1) is 12.1 Å². The maximum Gasteiger partial charge on any atom is 0.127 e. The van der Waals surface area contributed by atoms with Crippen LogP contribution >= 0.6 is 11.6 Å². The molecule has 0 radical (unpaired) electrons. The first-order chi connectivity index (χ1) is 6.29. The van der Waals surface area contributed by atoms with E-state index in [1.54, 1.807) is 7.11 Å². The molecule has 0 aromatic heterocycles. The number of halogens is 1. The topological polar surface area (TPSA) is 35.2 Å². The van der Waals surface area contributed by atoms with Crippen LogP contribution in [0.1, 0.15) is 5.56 Å². The highest BCUT2D eigenvalue weighted by molar-refractivity contribution is 6.32. The monoisotopic (exact) mass is 197 g/mol. The molecule has 1 aromatic carbocycles. The molecule has 0 aliphatic heterocycles. The summed E-state index contributed by atoms with van der Waals surface area (Å²) < 4.78 is 5.15. The molecule has 13 heavy (non-hydrogen) atoms. The van der Waals surface area contributed by atoms with Gasteiger partial charge in [0.25, 0.3) is 0 Å². The molecule has 3 heteroatoms. The van der Waals surface area contributed by atoms with Crippen LogP contribution in [0.5, 0.6) is 5.75 Å². The third-order valence-corrected chi connectivity index (χ3v) is 1.98. The summed E-state index contributed by atoms with van der Waals surface area (Å²) in [5, 5.41) is 0.670. The summed E-state index contributed by atoms with van der Waals surface area (Å²) in [6.45, 7) is 0.494. The summed E-state index contributed by atoms with van der Waals surface area (Å²) >= 11 is 5.97. The van der Waals surface area contributed by atoms with Crippen molar-refractivity contribution in [1.29, 1.82) is 0 Å². The third kappa shape index (κ3) is 2.47. The fourth-order valence-electron chi connectivity index (χ4n) is 1.04. The highest BCUT2D eigenvalue weighted by Gasteiger charge is 2.02. The Morgan fingerprint density at radius 1 is 1.54 bits per heavy atom. The van der Waals surface area contributed by atoms with Gasteiger partial charge in [0.1, 0.15) is 5.75 Å². The Hall–Kier alpha value is -0.990. The zero-order chi connectivity index (χ0) is 9.68. The van der Waals surface area contributed by atoms with E-state index in [2.05, 4.69) is 0 Å². The number of methoxy groups -OCH3 is 1. The summed E-state index contributed by atoms with van der Waals surface area (Å²) in [5.41, 5.74) is 6.22. The number of hydrogen-bond donors (Lipinski definition) is 1. The Bertz CT molecular complexity index is 310. The van der Waals surface area contributed by atoms with Crippen molar-refractivity contribution in [2.45, 2.75) is 0 Å². The first kappa shape index (κ1) is 10.1. The van der Waals surface area contributed by atoms with Crippen LogP contribution in [0.15, 0.2) is 24.3 Å². The molecule has 0 amide bonds. The lowest BCUT2D eigenvalue weighted by atomic mass is 10.2. The maximum absolute atomic E-state index is 5.97. The van der Waals surface area contributed by atoms with Crippen LogP contribution in [0.3, 0.4) is 0 Å². The fraction of sp³-hybridized carbons (Fsp3) is 0.200. The van der Waals surface area contributed by atoms with Crippen LogP contribution in [0, 0.1) is 0 Å². The second kappa shape index (κ2) is 4.90. The molecule has 0 fully saturated rings. The largest absolute Gasteiger partial charge is 0.496 e. The van der Waals surface area contributed by atoms with Crippen LogP contribution in [0.25, 0.3) is 6.08 Å². The first-order valence-electron chi connectivity index (χ1n) is 3.98. The van der Waals surface area contributed by atoms with E-state index in [0.29, 0.717) is 11.6 Å². The molecule has 2 N–H and O–H groups in total. The minimum Gasteiger partial charge on any atom is -0.496 e. The lowest BCUT2D eigenvalue weighted by molar-refractivity contribution is 0.414. The lowest BCUT2D eigenvalue weighted by Gasteiger charge is -2.05. The van der Waals surface area contributed by atoms with Gasteiger partial charge in [-0.3, -0.25) is 0 Å². The van der Waals surface area contributed by atoms with Gasteiger partial charge in [0, 0.05) is 12.1 Å². The molecule has 70 valence electrons. The van der Waals surface area contributed by atoms with E-state index < -0.39 is 0 Å². The molecule has 0 saturated heterocycles. The second-order valence-electron chi connectivity index (χ2n) is 2.49. The minimum atomic E-state index is 0.494. The highest BCUT2D eigenvalue weighted by atomic mass is 35.5. The summed E-state index contributed by atoms with van der Waals surface area (Å²) in [6, 6.07) is 5.53. The van der Waals surface area contributed by atoms with Gasteiger partial charge in [-0.15, -0.1) is 0 Å². The van der Waals surface area contributed by atoms with Crippen molar-refractivity contribution in [2.75, 3.05) is 13.7 Å². The second-order valence-corrected chi connectivity index (χ2v) is 2.90. The Morgan fingerprint density at radius 2 is 2.31 bits per heavy atom. The summed E-state index contributed by atoms with van der Waals surface area (Å²) in [7, 11) is 1.62. The standard InChI is InChI=1S/C10H12ClNO/c1-13-10-6-2-5-9(11)8(10)4-3-7-12/h2-6H,7,12H2,1H3. The molecule has 1 rings (SSSR count). The summed E-state index contributed by atoms with van der Waals surface area (Å²) in [4.78, 5) is 0. The fourth-order valence-corrected chi connectivity index (χ4v) is 1.27. The minimum absolute atomic E-state index is 0.494. The molecule has 0 aliphatic carbocycles. The highest BCUT2D eigenvalue weighted by Crippen LogP contribution is 2.27. The number of rotatable bonds is 3. The van der Waals surface area contributed by atoms with E-state index in [9.17, 15) is 0 Å². The van der Waals surface area contributed by atoms with E-state index in [1.807, 2.05) is 30.4 Å². The number of nitrogens with two attached hydrogens (primary N) is 1. The summed E-state index contributed by atoms with van der Waals surface area (Å²) in [6.07, 6.45) is 3.70. The molecule has 0 unspecified atom stereocenters. The lowest BCUT2D eigenvalue weighted by Crippen LogP contribution is -1.93. The zero-order valence-electron chi connectivity index (χ0n) is 7.46. The predicted octanol–water partition coefficient (Wildman–Crippen LogP) is 2.32. The van der Waals surface area contributed by atoms with Gasteiger partial charge < -0.3 is 10.5 Å². The summed E-state index contributed by atoms with van der Waals surface area (Å²) in [5.74, 6) is 0.761. The quantitative estimate of drug-likeness (QED) is 0.807. The normalized spacial score (nSPS) is 10.7. The molecule has 0 heterocycles. The van der Waals surface area contributed by atoms with Gasteiger partial charge in [-0.2, -0.15) is 0 Å². The zero-order valence-corrected chi connectivity index (χ0v) is 8.21. The van der Waals surface area contributed by atoms with Gasteiger partial charge in [-0.05, 0) is 12.1 Å². The Labute approximate surface area is 83.0 Å². The van der Waals surface area contributed by atoms with E-state index >= 15 is 0 Å². The van der Waals surface area contributed by atoms with Crippen molar-refractivity contribution < 1.29 is 4.74 Å². The van der Waals surface area contributed by atoms with E-state index in [1.165, 1.54) is 0 Å². The Morgan fingerprint density at radius 3 is 2.92 bits per heavy atom. The molecule has 2 nitrogen and oxygen atoms in total. The van der Waals surface area contributed by atoms with E-state index in [-0.39, 0.29) is 0 Å². The Balaban J connectivity index is 3.07. The third-order valence-electron chi connectivity index (χ3n) is 1.65. The molecular weight excluding hydrogens is 186 g/mol. The van der Waals surface area contributed by atoms with Crippen LogP contribution in [-0.2, 0) is 0 Å². The molecule has 0 saturated carbocycles. The molecule has 1 aromatic rings. The van der Waals surface area contributed by atoms with Gasteiger partial charge in [-0.25, -0.2) is 0 Å². The smallest absolute Gasteiger partial charge is 0.127 e. The van der Waals surface area contributed by atoms with Gasteiger partial charge in [0.15, 0.2) is 0 Å². The molecule has 0 aliphatic rings. The van der Waals surface area contributed by atoms with Crippen molar-refractivity contribution in [2.24, 2.45) is 5.73 Å². The predicted molar refractivity (Wildman–Crippen MR) is 56.1 cm³/mol. The van der Waals surface area contributed by atoms with Crippen LogP contribution in [-0.4, -0.2) is 13.7 Å². The number of ether oxygens (including phenoxy) is 1. The number of hydrogen-bond acceptors (Lipinski definition) is 2. The van der Waals surface area contributed by atoms with Crippen molar-refractivity contribution in [3.05, 3.63) is 34.9 Å². The van der Waals surface area contributed by atoms with Crippen molar-refractivity contribution in [3.8, 4) is 5.75 Å². The van der Waals surface area contributed by atoms with Crippen LogP contribution < -0.4 is 10.5 Å². The van der Waals surface area contributed by atoms with Crippen molar-refractivity contribution >= 4 is 17.7 Å². The average molecular weight is 198 g/mol. The van der Waals surface area contributed by atoms with Crippen LogP contribution in [0.4, 0.5) is 0 Å². The van der Waals surface area contributed by atoms with E-state index in [0.717, 1.165) is 11.3 Å². The molecule has 0 spiro atoms. The molecule has 0 bridgehead atoms. The Kier molecular flexibility index (Phi) is 3.80. The van der Waals surface area contributed by atoms with Gasteiger partial charge in [0.2, 0.25) is 0 Å². The van der Waals surface area contributed by atoms with E-state index in [4.69, 9.17) is 22.1 Å². The average Bonchev–Trinajstić information content (AvgIpc) is 2.15. The van der Waals surface area contributed by atoms with Crippen molar-refractivity contribution in [1.82, 2.24) is 0 Å². The first-order valence-corrected chi connectivity index (χ1v) is 4.36. The number of benzene rings is 1. The van der Waals surface area contributed by atoms with Crippen LogP contribution in [0.2, 0.25) is 5.02 Å². The van der Waals surface area contributed by atoms with Gasteiger partial charge in [-0.1, -0.05) is 29.8 Å². The SMILES string of the molecule is COc1cccc(Cl)c1C=CCN. The molecular formula is C10H12ClNO. The molecule has 0 atom stereocenters. The maximum atomic E-state index is 5.97. The van der Waals surface area contributed by atoms with Crippen molar-refractivity contribution in [3.63, 3.8) is 0 Å².